The van der Waals surface area contributed by atoms with E-state index >= 15 is 0 Å². The van der Waals surface area contributed by atoms with Gasteiger partial charge in [0.25, 0.3) is 5.91 Å². The number of nitrogens with one attached hydrogen (secondary N) is 2. The number of hydrogen-bond donors (Lipinski definition) is 2. The summed E-state index contributed by atoms with van der Waals surface area (Å²) in [5, 5.41) is 6.41. The molecule has 21 heavy (non-hydrogen) atoms. The predicted molar refractivity (Wildman–Crippen MR) is 86.6 cm³/mol. The lowest BCUT2D eigenvalue weighted by molar-refractivity contribution is 0.0930. The van der Waals surface area contributed by atoms with Gasteiger partial charge in [0.15, 0.2) is 0 Å². The van der Waals surface area contributed by atoms with E-state index in [2.05, 4.69) is 22.5 Å². The Morgan fingerprint density at radius 2 is 1.95 bits per heavy atom. The molecule has 0 unspecified atom stereocenters. The highest BCUT2D eigenvalue weighted by atomic mass is 16.1. The first-order chi connectivity index (χ1) is 10.3. The fraction of sp³-hybridized carbons (Fsp3) is 0.647. The number of carbonyl (C=O) groups is 1. The van der Waals surface area contributed by atoms with E-state index in [-0.39, 0.29) is 5.91 Å². The third-order valence-corrected chi connectivity index (χ3v) is 4.02. The average Bonchev–Trinajstić information content (AvgIpc) is 2.48. The van der Waals surface area contributed by atoms with Crippen LogP contribution in [0.25, 0.3) is 0 Å². The van der Waals surface area contributed by atoms with Gasteiger partial charge in [-0.1, -0.05) is 39.0 Å². The number of aromatic nitrogens is 1. The Labute approximate surface area is 127 Å². The number of rotatable bonds is 5. The lowest BCUT2D eigenvalue weighted by Gasteiger charge is -2.21. The van der Waals surface area contributed by atoms with Crippen molar-refractivity contribution in [2.24, 2.45) is 0 Å². The van der Waals surface area contributed by atoms with Crippen LogP contribution < -0.4 is 10.6 Å². The number of anilines is 1. The average molecular weight is 289 g/mol. The van der Waals surface area contributed by atoms with E-state index in [1.807, 2.05) is 6.07 Å². The van der Waals surface area contributed by atoms with Crippen LogP contribution in [0.4, 0.5) is 5.82 Å². The molecule has 1 saturated carbocycles. The van der Waals surface area contributed by atoms with Crippen LogP contribution in [0.5, 0.6) is 0 Å². The van der Waals surface area contributed by atoms with Crippen molar-refractivity contribution in [1.82, 2.24) is 10.3 Å². The third-order valence-electron chi connectivity index (χ3n) is 4.02. The summed E-state index contributed by atoms with van der Waals surface area (Å²) in [5.41, 5.74) is 0.700. The first-order valence-corrected chi connectivity index (χ1v) is 8.30. The minimum Gasteiger partial charge on any atom is -0.370 e. The van der Waals surface area contributed by atoms with Crippen LogP contribution in [-0.4, -0.2) is 23.5 Å². The summed E-state index contributed by atoms with van der Waals surface area (Å²) in [4.78, 5) is 16.6. The molecule has 2 N–H and O–H groups in total. The normalized spacial score (nSPS) is 16.8. The van der Waals surface area contributed by atoms with E-state index in [0.717, 1.165) is 31.6 Å². The summed E-state index contributed by atoms with van der Waals surface area (Å²) < 4.78 is 0. The van der Waals surface area contributed by atoms with E-state index < -0.39 is 0 Å². The highest BCUT2D eigenvalue weighted by Crippen LogP contribution is 2.17. The van der Waals surface area contributed by atoms with Gasteiger partial charge in [0.2, 0.25) is 0 Å². The summed E-state index contributed by atoms with van der Waals surface area (Å²) in [6, 6.07) is 3.96. The highest BCUT2D eigenvalue weighted by molar-refractivity contribution is 5.94. The van der Waals surface area contributed by atoms with Gasteiger partial charge in [-0.3, -0.25) is 4.79 Å². The molecule has 1 amide bonds. The van der Waals surface area contributed by atoms with Crippen LogP contribution in [0.15, 0.2) is 18.3 Å². The number of amides is 1. The van der Waals surface area contributed by atoms with Crippen LogP contribution in [0.3, 0.4) is 0 Å². The lowest BCUT2D eigenvalue weighted by atomic mass is 9.96. The van der Waals surface area contributed by atoms with Crippen molar-refractivity contribution in [2.45, 2.75) is 64.3 Å². The number of nitrogens with zero attached hydrogens (tertiary/aromatic N) is 1. The molecular formula is C17H27N3O. The minimum absolute atomic E-state index is 0.0301. The van der Waals surface area contributed by atoms with Gasteiger partial charge >= 0.3 is 0 Å². The molecule has 1 fully saturated rings. The monoisotopic (exact) mass is 289 g/mol. The zero-order valence-corrected chi connectivity index (χ0v) is 13.0. The molecule has 1 aromatic rings. The van der Waals surface area contributed by atoms with Gasteiger partial charge in [0.1, 0.15) is 5.82 Å². The van der Waals surface area contributed by atoms with Gasteiger partial charge in [-0.05, 0) is 31.4 Å². The largest absolute Gasteiger partial charge is 0.370 e. The fourth-order valence-corrected chi connectivity index (χ4v) is 2.79. The molecule has 2 rings (SSSR count). The van der Waals surface area contributed by atoms with Crippen LogP contribution in [0, 0.1) is 0 Å². The molecule has 0 aliphatic heterocycles. The van der Waals surface area contributed by atoms with Crippen LogP contribution in [0.1, 0.15) is 68.6 Å². The van der Waals surface area contributed by atoms with E-state index in [0.29, 0.717) is 11.6 Å². The van der Waals surface area contributed by atoms with Gasteiger partial charge in [-0.2, -0.15) is 0 Å². The molecule has 1 heterocycles. The molecule has 0 saturated heterocycles. The zero-order valence-electron chi connectivity index (χ0n) is 13.0. The fourth-order valence-electron chi connectivity index (χ4n) is 2.79. The Morgan fingerprint density at radius 3 is 2.67 bits per heavy atom. The summed E-state index contributed by atoms with van der Waals surface area (Å²) in [5.74, 6) is 0.810. The summed E-state index contributed by atoms with van der Waals surface area (Å²) in [6.45, 7) is 2.99. The molecule has 1 aliphatic rings. The van der Waals surface area contributed by atoms with Crippen LogP contribution in [-0.2, 0) is 0 Å². The smallest absolute Gasteiger partial charge is 0.251 e. The molecule has 1 aliphatic carbocycles. The number of pyridine rings is 1. The van der Waals surface area contributed by atoms with E-state index in [4.69, 9.17) is 0 Å². The molecule has 0 atom stereocenters. The van der Waals surface area contributed by atoms with Gasteiger partial charge in [0, 0.05) is 24.3 Å². The van der Waals surface area contributed by atoms with Gasteiger partial charge in [-0.25, -0.2) is 4.98 Å². The van der Waals surface area contributed by atoms with Crippen molar-refractivity contribution in [3.05, 3.63) is 23.9 Å². The SMILES string of the molecule is CCCNc1cc(C(=O)NC2CCCCCCC2)ccn1. The maximum atomic E-state index is 12.4. The minimum atomic E-state index is 0.0301. The second-order valence-electron chi connectivity index (χ2n) is 5.87. The summed E-state index contributed by atoms with van der Waals surface area (Å²) in [6.07, 6.45) is 11.4. The maximum absolute atomic E-state index is 12.4. The van der Waals surface area contributed by atoms with Crippen molar-refractivity contribution in [2.75, 3.05) is 11.9 Å². The second kappa shape index (κ2) is 8.65. The standard InChI is InChI=1S/C17H27N3O/c1-2-11-18-16-13-14(10-12-19-16)17(21)20-15-8-6-4-3-5-7-9-15/h10,12-13,15H,2-9,11H2,1H3,(H,18,19)(H,20,21). The van der Waals surface area contributed by atoms with Crippen molar-refractivity contribution in [3.8, 4) is 0 Å². The van der Waals surface area contributed by atoms with Crippen LogP contribution >= 0.6 is 0 Å². The maximum Gasteiger partial charge on any atom is 0.251 e. The molecule has 116 valence electrons. The third kappa shape index (κ3) is 5.37. The first-order valence-electron chi connectivity index (χ1n) is 8.30. The zero-order chi connectivity index (χ0) is 14.9. The molecule has 0 radical (unpaired) electrons. The second-order valence-corrected chi connectivity index (χ2v) is 5.87. The van der Waals surface area contributed by atoms with Crippen molar-refractivity contribution in [3.63, 3.8) is 0 Å². The summed E-state index contributed by atoms with van der Waals surface area (Å²) >= 11 is 0. The van der Waals surface area contributed by atoms with Crippen LogP contribution in [0.2, 0.25) is 0 Å². The van der Waals surface area contributed by atoms with Gasteiger partial charge in [-0.15, -0.1) is 0 Å². The quantitative estimate of drug-likeness (QED) is 0.868. The summed E-state index contributed by atoms with van der Waals surface area (Å²) in [7, 11) is 0. The van der Waals surface area contributed by atoms with Gasteiger partial charge in [0.05, 0.1) is 0 Å². The van der Waals surface area contributed by atoms with Crippen molar-refractivity contribution in [1.29, 1.82) is 0 Å². The van der Waals surface area contributed by atoms with E-state index in [1.165, 1.54) is 32.1 Å². The van der Waals surface area contributed by atoms with Crippen molar-refractivity contribution < 1.29 is 4.79 Å². The Bertz CT molecular complexity index is 439. The Morgan fingerprint density at radius 1 is 1.24 bits per heavy atom. The van der Waals surface area contributed by atoms with E-state index in [1.54, 1.807) is 12.3 Å². The number of hydrogen-bond acceptors (Lipinski definition) is 3. The Balaban J connectivity index is 1.92. The topological polar surface area (TPSA) is 54.0 Å². The molecule has 0 aromatic carbocycles. The highest BCUT2D eigenvalue weighted by Gasteiger charge is 2.15. The molecule has 0 bridgehead atoms. The Kier molecular flexibility index (Phi) is 6.51. The molecule has 1 aromatic heterocycles. The lowest BCUT2D eigenvalue weighted by Crippen LogP contribution is -2.35. The molecular weight excluding hydrogens is 262 g/mol. The Hall–Kier alpha value is -1.58. The first kappa shape index (κ1) is 15.8. The van der Waals surface area contributed by atoms with E-state index in [9.17, 15) is 4.79 Å². The predicted octanol–water partition coefficient (Wildman–Crippen LogP) is 3.75. The van der Waals surface area contributed by atoms with Gasteiger partial charge < -0.3 is 10.6 Å². The molecule has 0 spiro atoms. The number of carbonyl (C=O) groups excluding carboxylic acids is 1. The molecule has 4 nitrogen and oxygen atoms in total. The molecule has 4 heteroatoms. The van der Waals surface area contributed by atoms with Crippen molar-refractivity contribution >= 4 is 11.7 Å².